The zero-order chi connectivity index (χ0) is 12.5. The summed E-state index contributed by atoms with van der Waals surface area (Å²) in [6.07, 6.45) is -5.01. The summed E-state index contributed by atoms with van der Waals surface area (Å²) < 4.78 is 44.4. The normalized spacial score (nSPS) is 16.6. The van der Waals surface area contributed by atoms with Crippen molar-refractivity contribution in [2.75, 3.05) is 13.1 Å². The smallest absolute Gasteiger partial charge is 0.449 e. The minimum atomic E-state index is -5.01. The number of rotatable bonds is 3. The molecule has 0 bridgehead atoms. The Morgan fingerprint density at radius 1 is 1.47 bits per heavy atom. The van der Waals surface area contributed by atoms with E-state index in [9.17, 15) is 18.0 Å². The minimum absolute atomic E-state index is 0.0783. The van der Waals surface area contributed by atoms with Crippen LogP contribution in [0.5, 0.6) is 0 Å². The summed E-state index contributed by atoms with van der Waals surface area (Å²) in [5.41, 5.74) is 0. The fourth-order valence-electron chi connectivity index (χ4n) is 1.16. The third kappa shape index (κ3) is 2.73. The second kappa shape index (κ2) is 4.32. The second-order valence-electron chi connectivity index (χ2n) is 3.46. The molecule has 0 aromatic carbocycles. The number of nitrogens with zero attached hydrogens (tertiary/aromatic N) is 2. The average Bonchev–Trinajstić information content (AvgIpc) is 2.58. The molecule has 2 rings (SSSR count). The molecule has 9 heteroatoms. The second-order valence-corrected chi connectivity index (χ2v) is 3.46. The number of ether oxygens (including phenoxy) is 1. The summed E-state index contributed by atoms with van der Waals surface area (Å²) in [6, 6.07) is 0. The molecule has 1 aliphatic heterocycles. The van der Waals surface area contributed by atoms with E-state index in [1.54, 1.807) is 0 Å². The minimum Gasteiger partial charge on any atom is -0.449 e. The van der Waals surface area contributed by atoms with E-state index in [1.807, 2.05) is 0 Å². The van der Waals surface area contributed by atoms with Gasteiger partial charge in [-0.1, -0.05) is 0 Å². The van der Waals surface area contributed by atoms with Crippen molar-refractivity contribution in [3.8, 4) is 0 Å². The molecule has 1 aliphatic rings. The molecule has 0 atom stereocenters. The Labute approximate surface area is 93.1 Å². The number of carbonyl (C=O) groups is 1. The molecule has 94 valence electrons. The molecule has 0 spiro atoms. The SMILES string of the molecule is O=C(OCc1nnc(C2CNC2)o1)C(F)(F)F. The highest BCUT2D eigenvalue weighted by molar-refractivity contribution is 5.75. The fraction of sp³-hybridized carbons (Fsp3) is 0.625. The van der Waals surface area contributed by atoms with Crippen LogP contribution >= 0.6 is 0 Å². The molecule has 0 aliphatic carbocycles. The van der Waals surface area contributed by atoms with Crippen molar-refractivity contribution in [2.45, 2.75) is 18.7 Å². The number of esters is 1. The lowest BCUT2D eigenvalue weighted by atomic mass is 10.0. The van der Waals surface area contributed by atoms with Crippen molar-refractivity contribution in [2.24, 2.45) is 0 Å². The maximum absolute atomic E-state index is 11.8. The predicted octanol–water partition coefficient (Wildman–Crippen LogP) is 0.362. The molecule has 17 heavy (non-hydrogen) atoms. The topological polar surface area (TPSA) is 77.2 Å². The summed E-state index contributed by atoms with van der Waals surface area (Å²) in [5.74, 6) is -2.01. The molecular weight excluding hydrogens is 243 g/mol. The molecule has 1 aromatic rings. The van der Waals surface area contributed by atoms with E-state index in [0.717, 1.165) is 0 Å². The fourth-order valence-corrected chi connectivity index (χ4v) is 1.16. The van der Waals surface area contributed by atoms with E-state index in [4.69, 9.17) is 4.42 Å². The number of hydrogen-bond acceptors (Lipinski definition) is 6. The summed E-state index contributed by atoms with van der Waals surface area (Å²) in [7, 11) is 0. The first kappa shape index (κ1) is 11.8. The number of nitrogens with one attached hydrogen (secondary N) is 1. The van der Waals surface area contributed by atoms with Crippen LogP contribution in [0.3, 0.4) is 0 Å². The zero-order valence-corrected chi connectivity index (χ0v) is 8.45. The molecule has 1 aromatic heterocycles. The van der Waals surface area contributed by atoms with Gasteiger partial charge in [-0.2, -0.15) is 13.2 Å². The third-order valence-electron chi connectivity index (χ3n) is 2.17. The molecule has 1 fully saturated rings. The predicted molar refractivity (Wildman–Crippen MR) is 45.8 cm³/mol. The number of carbonyl (C=O) groups excluding carboxylic acids is 1. The van der Waals surface area contributed by atoms with Crippen LogP contribution in [0.25, 0.3) is 0 Å². The summed E-state index contributed by atoms with van der Waals surface area (Å²) >= 11 is 0. The van der Waals surface area contributed by atoms with Crippen molar-refractivity contribution >= 4 is 5.97 Å². The lowest BCUT2D eigenvalue weighted by Gasteiger charge is -2.22. The zero-order valence-electron chi connectivity index (χ0n) is 8.45. The molecule has 1 saturated heterocycles. The van der Waals surface area contributed by atoms with Gasteiger partial charge in [0.2, 0.25) is 5.89 Å². The van der Waals surface area contributed by atoms with Gasteiger partial charge >= 0.3 is 12.1 Å². The van der Waals surface area contributed by atoms with Crippen LogP contribution in [-0.4, -0.2) is 35.4 Å². The molecule has 1 N–H and O–H groups in total. The van der Waals surface area contributed by atoms with Gasteiger partial charge in [0.25, 0.3) is 5.89 Å². The lowest BCUT2D eigenvalue weighted by Crippen LogP contribution is -2.40. The van der Waals surface area contributed by atoms with Crippen molar-refractivity contribution in [1.29, 1.82) is 0 Å². The Morgan fingerprint density at radius 3 is 2.71 bits per heavy atom. The Hall–Kier alpha value is -1.64. The van der Waals surface area contributed by atoms with Gasteiger partial charge in [0, 0.05) is 13.1 Å². The van der Waals surface area contributed by atoms with E-state index in [2.05, 4.69) is 20.3 Å². The van der Waals surface area contributed by atoms with Crippen LogP contribution in [-0.2, 0) is 16.1 Å². The Morgan fingerprint density at radius 2 is 2.18 bits per heavy atom. The van der Waals surface area contributed by atoms with Gasteiger partial charge in [0.1, 0.15) is 0 Å². The van der Waals surface area contributed by atoms with Crippen LogP contribution in [0.15, 0.2) is 4.42 Å². The highest BCUT2D eigenvalue weighted by atomic mass is 19.4. The average molecular weight is 251 g/mol. The van der Waals surface area contributed by atoms with E-state index < -0.39 is 18.8 Å². The molecule has 6 nitrogen and oxygen atoms in total. The van der Waals surface area contributed by atoms with Gasteiger partial charge in [-0.05, 0) is 0 Å². The highest BCUT2D eigenvalue weighted by Gasteiger charge is 2.41. The monoisotopic (exact) mass is 251 g/mol. The first-order valence-corrected chi connectivity index (χ1v) is 4.74. The van der Waals surface area contributed by atoms with E-state index in [-0.39, 0.29) is 11.8 Å². The van der Waals surface area contributed by atoms with Crippen molar-refractivity contribution in [1.82, 2.24) is 15.5 Å². The van der Waals surface area contributed by atoms with Crippen LogP contribution in [0.2, 0.25) is 0 Å². The highest BCUT2D eigenvalue weighted by Crippen LogP contribution is 2.20. The lowest BCUT2D eigenvalue weighted by molar-refractivity contribution is -0.201. The Bertz CT molecular complexity index is 414. The van der Waals surface area contributed by atoms with E-state index in [1.165, 1.54) is 0 Å². The maximum atomic E-state index is 11.8. The molecule has 0 radical (unpaired) electrons. The number of aromatic nitrogens is 2. The summed E-state index contributed by atoms with van der Waals surface area (Å²) in [5, 5.41) is 10.1. The van der Waals surface area contributed by atoms with Crippen molar-refractivity contribution < 1.29 is 27.1 Å². The van der Waals surface area contributed by atoms with Crippen LogP contribution in [0.1, 0.15) is 17.7 Å². The largest absolute Gasteiger partial charge is 0.490 e. The van der Waals surface area contributed by atoms with Crippen molar-refractivity contribution in [3.05, 3.63) is 11.8 Å². The van der Waals surface area contributed by atoms with Gasteiger partial charge in [-0.25, -0.2) is 4.79 Å². The molecule has 0 unspecified atom stereocenters. The van der Waals surface area contributed by atoms with Gasteiger partial charge in [-0.3, -0.25) is 0 Å². The van der Waals surface area contributed by atoms with Gasteiger partial charge in [-0.15, -0.1) is 10.2 Å². The molecule has 0 amide bonds. The third-order valence-corrected chi connectivity index (χ3v) is 2.17. The number of hydrogen-bond donors (Lipinski definition) is 1. The van der Waals surface area contributed by atoms with Gasteiger partial charge in [0.15, 0.2) is 6.61 Å². The van der Waals surface area contributed by atoms with Gasteiger partial charge < -0.3 is 14.5 Å². The molecular formula is C8H8F3N3O3. The van der Waals surface area contributed by atoms with Gasteiger partial charge in [0.05, 0.1) is 5.92 Å². The maximum Gasteiger partial charge on any atom is 0.490 e. The summed E-state index contributed by atoms with van der Waals surface area (Å²) in [4.78, 5) is 10.4. The molecule has 2 heterocycles. The van der Waals surface area contributed by atoms with E-state index in [0.29, 0.717) is 19.0 Å². The van der Waals surface area contributed by atoms with Crippen LogP contribution < -0.4 is 5.32 Å². The first-order chi connectivity index (χ1) is 7.97. The summed E-state index contributed by atoms with van der Waals surface area (Å²) in [6.45, 7) is 0.694. The number of alkyl halides is 3. The molecule has 0 saturated carbocycles. The van der Waals surface area contributed by atoms with E-state index >= 15 is 0 Å². The van der Waals surface area contributed by atoms with Crippen molar-refractivity contribution in [3.63, 3.8) is 0 Å². The Balaban J connectivity index is 1.87. The van der Waals surface area contributed by atoms with Crippen LogP contribution in [0.4, 0.5) is 13.2 Å². The Kier molecular flexibility index (Phi) is 3.01. The first-order valence-electron chi connectivity index (χ1n) is 4.74. The standard InChI is InChI=1S/C8H8F3N3O3/c9-8(10,11)7(15)16-3-5-13-14-6(17-5)4-1-12-2-4/h4,12H,1-3H2. The van der Waals surface area contributed by atoms with Crippen LogP contribution in [0, 0.1) is 0 Å². The quantitative estimate of drug-likeness (QED) is 0.782. The number of halogens is 3.